The number of aliphatic imine (C=N–C) groups is 1. The van der Waals surface area contributed by atoms with E-state index in [1.54, 1.807) is 0 Å². The lowest BCUT2D eigenvalue weighted by Crippen LogP contribution is -2.42. The van der Waals surface area contributed by atoms with Crippen molar-refractivity contribution in [2.24, 2.45) is 4.99 Å². The van der Waals surface area contributed by atoms with Crippen LogP contribution in [-0.2, 0) is 4.79 Å². The van der Waals surface area contributed by atoms with Gasteiger partial charge in [-0.15, -0.1) is 24.0 Å². The topological polar surface area (TPSA) is 66.0 Å². The van der Waals surface area contributed by atoms with Crippen molar-refractivity contribution in [2.75, 3.05) is 33.3 Å². The van der Waals surface area contributed by atoms with Crippen molar-refractivity contribution in [1.82, 2.24) is 15.5 Å². The zero-order valence-electron chi connectivity index (χ0n) is 15.2. The molecule has 0 bridgehead atoms. The smallest absolute Gasteiger partial charge is 0.406 e. The summed E-state index contributed by atoms with van der Waals surface area (Å²) in [6.45, 7) is 1.31. The average Bonchev–Trinajstić information content (AvgIpc) is 2.58. The van der Waals surface area contributed by atoms with Gasteiger partial charge < -0.3 is 20.3 Å². The van der Waals surface area contributed by atoms with E-state index >= 15 is 0 Å². The minimum atomic E-state index is -4.43. The molecule has 0 aliphatic carbocycles. The van der Waals surface area contributed by atoms with Gasteiger partial charge in [0.15, 0.2) is 5.96 Å². The van der Waals surface area contributed by atoms with Crippen molar-refractivity contribution >= 4 is 35.8 Å². The Morgan fingerprint density at radius 2 is 2.07 bits per heavy atom. The summed E-state index contributed by atoms with van der Waals surface area (Å²) >= 11 is 0. The molecule has 1 aliphatic rings. The van der Waals surface area contributed by atoms with Crippen LogP contribution in [0.4, 0.5) is 13.2 Å². The van der Waals surface area contributed by atoms with Gasteiger partial charge >= 0.3 is 6.18 Å². The Morgan fingerprint density at radius 3 is 2.74 bits per heavy atom. The number of benzene rings is 1. The zero-order valence-corrected chi connectivity index (χ0v) is 17.5. The summed E-state index contributed by atoms with van der Waals surface area (Å²) in [5, 5.41) is 6.23. The summed E-state index contributed by atoms with van der Waals surface area (Å²) in [6, 6.07) is 7.55. The molecule has 10 heteroatoms. The summed E-state index contributed by atoms with van der Waals surface area (Å²) in [6.07, 6.45) is -3.72. The molecule has 1 aromatic carbocycles. The van der Waals surface area contributed by atoms with Crippen molar-refractivity contribution in [2.45, 2.75) is 25.6 Å². The first-order valence-corrected chi connectivity index (χ1v) is 8.37. The Kier molecular flexibility index (Phi) is 9.13. The van der Waals surface area contributed by atoms with Crippen LogP contribution in [-0.4, -0.2) is 56.2 Å². The predicted molar refractivity (Wildman–Crippen MR) is 108 cm³/mol. The van der Waals surface area contributed by atoms with Gasteiger partial charge in [0, 0.05) is 25.6 Å². The number of fused-ring (bicyclic) bond motifs is 1. The number of nitrogens with one attached hydrogen (secondary N) is 2. The molecule has 1 amide bonds. The molecule has 2 N–H and O–H groups in total. The molecule has 6 nitrogen and oxygen atoms in total. The highest BCUT2D eigenvalue weighted by molar-refractivity contribution is 14.0. The third-order valence-corrected chi connectivity index (χ3v) is 3.83. The molecule has 1 aromatic rings. The highest BCUT2D eigenvalue weighted by Crippen LogP contribution is 2.31. The second-order valence-electron chi connectivity index (χ2n) is 5.93. The van der Waals surface area contributed by atoms with Crippen molar-refractivity contribution in [3.05, 3.63) is 29.8 Å². The fraction of sp³-hybridized carbons (Fsp3) is 0.529. The molecular weight excluding hydrogens is 476 g/mol. The Labute approximate surface area is 173 Å². The molecule has 2 rings (SSSR count). The molecule has 0 aromatic heterocycles. The summed E-state index contributed by atoms with van der Waals surface area (Å²) in [5.41, 5.74) is 0.977. The third-order valence-electron chi connectivity index (χ3n) is 3.83. The van der Waals surface area contributed by atoms with E-state index in [0.717, 1.165) is 18.4 Å². The lowest BCUT2D eigenvalue weighted by molar-refractivity contribution is -0.157. The number of ether oxygens (including phenoxy) is 1. The van der Waals surface area contributed by atoms with E-state index in [1.165, 1.54) is 0 Å². The number of carbonyl (C=O) groups is 1. The number of carbonyl (C=O) groups excluding carboxylic acids is 1. The fourth-order valence-electron chi connectivity index (χ4n) is 2.60. The second kappa shape index (κ2) is 10.6. The Bertz CT molecular complexity index is 655. The van der Waals surface area contributed by atoms with E-state index in [-0.39, 0.29) is 36.6 Å². The van der Waals surface area contributed by atoms with Crippen LogP contribution in [0.5, 0.6) is 5.75 Å². The summed E-state index contributed by atoms with van der Waals surface area (Å²) in [4.78, 5) is 16.6. The largest absolute Gasteiger partial charge is 0.493 e. The van der Waals surface area contributed by atoms with Gasteiger partial charge in [-0.05, 0) is 13.0 Å². The number of para-hydroxylation sites is 1. The zero-order chi connectivity index (χ0) is 19.2. The summed E-state index contributed by atoms with van der Waals surface area (Å²) in [7, 11) is 1.11. The number of hydrogen-bond acceptors (Lipinski definition) is 3. The minimum Gasteiger partial charge on any atom is -0.493 e. The number of hydrogen-bond donors (Lipinski definition) is 2. The van der Waals surface area contributed by atoms with E-state index in [4.69, 9.17) is 4.74 Å². The molecule has 0 fully saturated rings. The molecule has 27 heavy (non-hydrogen) atoms. The van der Waals surface area contributed by atoms with Crippen LogP contribution in [0.3, 0.4) is 0 Å². The first kappa shape index (κ1) is 23.3. The van der Waals surface area contributed by atoms with Crippen LogP contribution < -0.4 is 15.4 Å². The van der Waals surface area contributed by atoms with Crippen LogP contribution in [0.15, 0.2) is 29.3 Å². The summed E-state index contributed by atoms with van der Waals surface area (Å²) in [5.74, 6) is 0.461. The fourth-order valence-corrected chi connectivity index (χ4v) is 2.60. The van der Waals surface area contributed by atoms with Gasteiger partial charge in [0.1, 0.15) is 18.8 Å². The highest BCUT2D eigenvalue weighted by atomic mass is 127. The number of guanidine groups is 1. The van der Waals surface area contributed by atoms with Crippen molar-refractivity contribution < 1.29 is 22.7 Å². The SMILES string of the molecule is CCNC(=NCC(=O)N(C)CC(F)(F)F)NC1CCOc2ccccc21.I. The van der Waals surface area contributed by atoms with Crippen LogP contribution >= 0.6 is 24.0 Å². The molecule has 1 heterocycles. The molecule has 0 radical (unpaired) electrons. The van der Waals surface area contributed by atoms with E-state index in [2.05, 4.69) is 15.6 Å². The van der Waals surface area contributed by atoms with Crippen LogP contribution in [0.25, 0.3) is 0 Å². The van der Waals surface area contributed by atoms with Gasteiger partial charge in [-0.1, -0.05) is 18.2 Å². The van der Waals surface area contributed by atoms with Crippen molar-refractivity contribution in [3.63, 3.8) is 0 Å². The lowest BCUT2D eigenvalue weighted by Gasteiger charge is -2.28. The first-order valence-electron chi connectivity index (χ1n) is 8.37. The number of nitrogens with zero attached hydrogens (tertiary/aromatic N) is 2. The molecule has 0 saturated carbocycles. The van der Waals surface area contributed by atoms with E-state index in [1.807, 2.05) is 31.2 Å². The monoisotopic (exact) mass is 500 g/mol. The normalized spacial score (nSPS) is 16.5. The van der Waals surface area contributed by atoms with Crippen molar-refractivity contribution in [3.8, 4) is 5.75 Å². The average molecular weight is 500 g/mol. The maximum atomic E-state index is 12.4. The molecular formula is C17H24F3IN4O2. The predicted octanol–water partition coefficient (Wildman–Crippen LogP) is 2.70. The third kappa shape index (κ3) is 7.43. The lowest BCUT2D eigenvalue weighted by atomic mass is 10.0. The Balaban J connectivity index is 0.00000364. The molecule has 152 valence electrons. The second-order valence-corrected chi connectivity index (χ2v) is 5.93. The van der Waals surface area contributed by atoms with Crippen LogP contribution in [0.2, 0.25) is 0 Å². The number of rotatable bonds is 5. The van der Waals surface area contributed by atoms with E-state index in [9.17, 15) is 18.0 Å². The molecule has 1 unspecified atom stereocenters. The Morgan fingerprint density at radius 1 is 1.37 bits per heavy atom. The maximum Gasteiger partial charge on any atom is 0.406 e. The molecule has 1 aliphatic heterocycles. The van der Waals surface area contributed by atoms with Crippen LogP contribution in [0, 0.1) is 0 Å². The van der Waals surface area contributed by atoms with Crippen LogP contribution in [0.1, 0.15) is 24.9 Å². The molecule has 0 spiro atoms. The number of alkyl halides is 3. The minimum absolute atomic E-state index is 0. The number of likely N-dealkylation sites (N-methyl/N-ethyl adjacent to an activating group) is 1. The van der Waals surface area contributed by atoms with Gasteiger partial charge in [0.05, 0.1) is 12.6 Å². The molecule has 0 saturated heterocycles. The van der Waals surface area contributed by atoms with Gasteiger partial charge in [0.2, 0.25) is 5.91 Å². The number of amides is 1. The van der Waals surface area contributed by atoms with E-state index < -0.39 is 18.6 Å². The standard InChI is InChI=1S/C17H23F3N4O2.HI/c1-3-21-16(22-10-15(25)24(2)11-17(18,19)20)23-13-8-9-26-14-7-5-4-6-12(13)14;/h4-7,13H,3,8-11H2,1-2H3,(H2,21,22,23);1H. The van der Waals surface area contributed by atoms with Gasteiger partial charge in [-0.3, -0.25) is 4.79 Å². The quantitative estimate of drug-likeness (QED) is 0.371. The Hall–Kier alpha value is -1.72. The summed E-state index contributed by atoms with van der Waals surface area (Å²) < 4.78 is 42.7. The van der Waals surface area contributed by atoms with Crippen molar-refractivity contribution in [1.29, 1.82) is 0 Å². The van der Waals surface area contributed by atoms with Gasteiger partial charge in [-0.25, -0.2) is 4.99 Å². The maximum absolute atomic E-state index is 12.4. The van der Waals surface area contributed by atoms with Gasteiger partial charge in [0.25, 0.3) is 0 Å². The van der Waals surface area contributed by atoms with Gasteiger partial charge in [-0.2, -0.15) is 13.2 Å². The first-order chi connectivity index (χ1) is 12.3. The van der Waals surface area contributed by atoms with E-state index in [0.29, 0.717) is 30.4 Å². The highest BCUT2D eigenvalue weighted by Gasteiger charge is 2.31. The number of halogens is 4. The molecule has 1 atom stereocenters.